The van der Waals surface area contributed by atoms with Gasteiger partial charge in [0.15, 0.2) is 0 Å². The molecule has 25 heavy (non-hydrogen) atoms. The number of rotatable bonds is 5. The molecule has 1 heterocycles. The average molecular weight is 338 g/mol. The van der Waals surface area contributed by atoms with E-state index in [9.17, 15) is 14.4 Å². The second-order valence-electron chi connectivity index (χ2n) is 6.01. The van der Waals surface area contributed by atoms with Gasteiger partial charge in [0, 0.05) is 19.5 Å². The van der Waals surface area contributed by atoms with Crippen LogP contribution in [0.3, 0.4) is 0 Å². The highest BCUT2D eigenvalue weighted by atomic mass is 16.4. The molecule has 0 aromatic heterocycles. The fourth-order valence-corrected chi connectivity index (χ4v) is 2.82. The van der Waals surface area contributed by atoms with Crippen LogP contribution in [0.2, 0.25) is 0 Å². The van der Waals surface area contributed by atoms with E-state index in [0.717, 1.165) is 16.7 Å². The largest absolute Gasteiger partial charge is 0.478 e. The summed E-state index contributed by atoms with van der Waals surface area (Å²) in [5.41, 5.74) is 2.82. The van der Waals surface area contributed by atoms with Crippen LogP contribution in [0.5, 0.6) is 0 Å². The Morgan fingerprint density at radius 3 is 2.52 bits per heavy atom. The number of hydrogen-bond donors (Lipinski definition) is 3. The van der Waals surface area contributed by atoms with Crippen molar-refractivity contribution in [3.8, 4) is 11.1 Å². The summed E-state index contributed by atoms with van der Waals surface area (Å²) < 4.78 is 0. The Hall–Kier alpha value is -3.15. The summed E-state index contributed by atoms with van der Waals surface area (Å²) in [5, 5.41) is 14.6. The van der Waals surface area contributed by atoms with Gasteiger partial charge < -0.3 is 15.7 Å². The van der Waals surface area contributed by atoms with E-state index < -0.39 is 5.97 Å². The van der Waals surface area contributed by atoms with Gasteiger partial charge in [-0.1, -0.05) is 30.3 Å². The van der Waals surface area contributed by atoms with Gasteiger partial charge in [0.05, 0.1) is 11.5 Å². The van der Waals surface area contributed by atoms with Gasteiger partial charge in [-0.15, -0.1) is 0 Å². The molecule has 0 aliphatic carbocycles. The van der Waals surface area contributed by atoms with Crippen molar-refractivity contribution in [1.29, 1.82) is 0 Å². The molecule has 0 radical (unpaired) electrons. The van der Waals surface area contributed by atoms with Crippen LogP contribution < -0.4 is 10.6 Å². The maximum Gasteiger partial charge on any atom is 0.335 e. The molecule has 1 aliphatic heterocycles. The number of nitrogens with one attached hydrogen (secondary N) is 2. The third-order valence-corrected chi connectivity index (χ3v) is 4.18. The van der Waals surface area contributed by atoms with Crippen LogP contribution in [-0.4, -0.2) is 29.4 Å². The maximum absolute atomic E-state index is 12.1. The molecule has 2 aromatic rings. The quantitative estimate of drug-likeness (QED) is 0.775. The second-order valence-corrected chi connectivity index (χ2v) is 6.01. The van der Waals surface area contributed by atoms with E-state index in [2.05, 4.69) is 10.6 Å². The minimum Gasteiger partial charge on any atom is -0.478 e. The first-order valence-electron chi connectivity index (χ1n) is 8.00. The van der Waals surface area contributed by atoms with E-state index in [4.69, 9.17) is 5.11 Å². The number of hydrogen-bond acceptors (Lipinski definition) is 3. The van der Waals surface area contributed by atoms with Gasteiger partial charge in [-0.3, -0.25) is 9.59 Å². The van der Waals surface area contributed by atoms with E-state index in [1.807, 2.05) is 30.3 Å². The van der Waals surface area contributed by atoms with Crippen LogP contribution in [0.4, 0.5) is 0 Å². The Labute approximate surface area is 144 Å². The Morgan fingerprint density at radius 2 is 1.84 bits per heavy atom. The molecule has 2 amide bonds. The highest BCUT2D eigenvalue weighted by Crippen LogP contribution is 2.22. The predicted octanol–water partition coefficient (Wildman–Crippen LogP) is 1.80. The molecule has 3 N–H and O–H groups in total. The third kappa shape index (κ3) is 4.03. The Kier molecular flexibility index (Phi) is 4.79. The van der Waals surface area contributed by atoms with Crippen molar-refractivity contribution >= 4 is 17.8 Å². The first-order chi connectivity index (χ1) is 12.0. The number of carbonyl (C=O) groups excluding carboxylic acids is 2. The van der Waals surface area contributed by atoms with Crippen molar-refractivity contribution in [2.45, 2.75) is 13.0 Å². The van der Waals surface area contributed by atoms with Gasteiger partial charge in [-0.2, -0.15) is 0 Å². The molecule has 3 rings (SSSR count). The Balaban J connectivity index is 1.69. The lowest BCUT2D eigenvalue weighted by molar-refractivity contribution is -0.126. The molecule has 1 saturated heterocycles. The van der Waals surface area contributed by atoms with E-state index in [-0.39, 0.29) is 29.7 Å². The van der Waals surface area contributed by atoms with Gasteiger partial charge >= 0.3 is 5.97 Å². The lowest BCUT2D eigenvalue weighted by atomic mass is 10.0. The normalized spacial score (nSPS) is 16.3. The first kappa shape index (κ1) is 16.7. The first-order valence-corrected chi connectivity index (χ1v) is 8.00. The molecule has 0 saturated carbocycles. The summed E-state index contributed by atoms with van der Waals surface area (Å²) in [5.74, 6) is -1.52. The van der Waals surface area contributed by atoms with E-state index >= 15 is 0 Å². The molecule has 6 nitrogen and oxygen atoms in total. The maximum atomic E-state index is 12.1. The fourth-order valence-electron chi connectivity index (χ4n) is 2.82. The van der Waals surface area contributed by atoms with Gasteiger partial charge in [0.2, 0.25) is 11.8 Å². The van der Waals surface area contributed by atoms with E-state index in [1.165, 1.54) is 0 Å². The topological polar surface area (TPSA) is 95.5 Å². The molecule has 1 atom stereocenters. The zero-order valence-corrected chi connectivity index (χ0v) is 13.5. The minimum atomic E-state index is -0.968. The molecular formula is C19H18N2O4. The summed E-state index contributed by atoms with van der Waals surface area (Å²) in [6.45, 7) is 0.739. The van der Waals surface area contributed by atoms with Gasteiger partial charge in [0.1, 0.15) is 0 Å². The predicted molar refractivity (Wildman–Crippen MR) is 91.8 cm³/mol. The third-order valence-electron chi connectivity index (χ3n) is 4.18. The molecule has 0 unspecified atom stereocenters. The van der Waals surface area contributed by atoms with Crippen molar-refractivity contribution in [3.63, 3.8) is 0 Å². The Morgan fingerprint density at radius 1 is 1.12 bits per heavy atom. The number of carbonyl (C=O) groups is 3. The van der Waals surface area contributed by atoms with Crippen molar-refractivity contribution in [2.24, 2.45) is 5.92 Å². The van der Waals surface area contributed by atoms with Crippen LogP contribution >= 0.6 is 0 Å². The van der Waals surface area contributed by atoms with E-state index in [0.29, 0.717) is 13.1 Å². The highest BCUT2D eigenvalue weighted by molar-refractivity contribution is 5.90. The minimum absolute atomic E-state index is 0.0968. The van der Waals surface area contributed by atoms with Gasteiger partial charge in [-0.05, 0) is 34.9 Å². The molecule has 1 aliphatic rings. The summed E-state index contributed by atoms with van der Waals surface area (Å²) in [6, 6.07) is 14.3. The van der Waals surface area contributed by atoms with Crippen LogP contribution in [0, 0.1) is 5.92 Å². The zero-order valence-electron chi connectivity index (χ0n) is 13.5. The number of aromatic carboxylic acids is 1. The summed E-state index contributed by atoms with van der Waals surface area (Å²) >= 11 is 0. The fraction of sp³-hybridized carbons (Fsp3) is 0.211. The zero-order chi connectivity index (χ0) is 17.8. The van der Waals surface area contributed by atoms with E-state index in [1.54, 1.807) is 18.2 Å². The second kappa shape index (κ2) is 7.17. The van der Waals surface area contributed by atoms with Crippen LogP contribution in [0.15, 0.2) is 48.5 Å². The van der Waals surface area contributed by atoms with Crippen LogP contribution in [-0.2, 0) is 16.1 Å². The Bertz CT molecular complexity index is 832. The molecule has 6 heteroatoms. The van der Waals surface area contributed by atoms with Crippen molar-refractivity contribution in [2.75, 3.05) is 6.54 Å². The van der Waals surface area contributed by atoms with Crippen molar-refractivity contribution < 1.29 is 19.5 Å². The number of carboxylic acids is 1. The molecule has 0 bridgehead atoms. The molecular weight excluding hydrogens is 320 g/mol. The lowest BCUT2D eigenvalue weighted by Crippen LogP contribution is -2.31. The number of benzene rings is 2. The SMILES string of the molecule is O=C1C[C@@H](C(=O)NCc2cccc(-c3cccc(C(=O)O)c3)c2)CN1. The summed E-state index contributed by atoms with van der Waals surface area (Å²) in [4.78, 5) is 34.3. The summed E-state index contributed by atoms with van der Waals surface area (Å²) in [6.07, 6.45) is 0.230. The average Bonchev–Trinajstić information content (AvgIpc) is 3.06. The monoisotopic (exact) mass is 338 g/mol. The molecule has 2 aromatic carbocycles. The van der Waals surface area contributed by atoms with Crippen LogP contribution in [0.25, 0.3) is 11.1 Å². The summed E-state index contributed by atoms with van der Waals surface area (Å²) in [7, 11) is 0. The van der Waals surface area contributed by atoms with Crippen LogP contribution in [0.1, 0.15) is 22.3 Å². The van der Waals surface area contributed by atoms with Crippen molar-refractivity contribution in [1.82, 2.24) is 10.6 Å². The highest BCUT2D eigenvalue weighted by Gasteiger charge is 2.27. The lowest BCUT2D eigenvalue weighted by Gasteiger charge is -2.10. The van der Waals surface area contributed by atoms with Crippen molar-refractivity contribution in [3.05, 3.63) is 59.7 Å². The van der Waals surface area contributed by atoms with Gasteiger partial charge in [0.25, 0.3) is 0 Å². The molecule has 1 fully saturated rings. The number of carboxylic acid groups (broad SMARTS) is 1. The van der Waals surface area contributed by atoms with Gasteiger partial charge in [-0.25, -0.2) is 4.79 Å². The smallest absolute Gasteiger partial charge is 0.335 e. The standard InChI is InChI=1S/C19H18N2O4/c22-17-9-16(11-20-17)18(23)21-10-12-3-1-4-13(7-12)14-5-2-6-15(8-14)19(24)25/h1-8,16H,9-11H2,(H,20,22)(H,21,23)(H,24,25)/t16-/m1/s1. The number of amides is 2. The molecule has 0 spiro atoms. The molecule has 128 valence electrons.